The van der Waals surface area contributed by atoms with E-state index in [0.717, 1.165) is 19.3 Å². The molecule has 0 spiro atoms. The van der Waals surface area contributed by atoms with Gasteiger partial charge in [0.1, 0.15) is 0 Å². The van der Waals surface area contributed by atoms with Crippen LogP contribution in [0.3, 0.4) is 0 Å². The Morgan fingerprint density at radius 1 is 0.375 bits per heavy atom. The maximum Gasteiger partial charge on any atom is 0.478 e. The van der Waals surface area contributed by atoms with E-state index in [-0.39, 0.29) is 0 Å². The lowest BCUT2D eigenvalue weighted by Crippen LogP contribution is -2.86. The molecule has 0 aromatic heterocycles. The molecule has 0 unspecified atom stereocenters. The van der Waals surface area contributed by atoms with Crippen LogP contribution in [0, 0.1) is 0 Å². The lowest BCUT2D eigenvalue weighted by Gasteiger charge is -2.60. The summed E-state index contributed by atoms with van der Waals surface area (Å²) >= 11 is 0. The Balaban J connectivity index is 1.72. The van der Waals surface area contributed by atoms with Gasteiger partial charge in [0.15, 0.2) is 0 Å². The van der Waals surface area contributed by atoms with Gasteiger partial charge in [-0.05, 0) is 6.42 Å². The van der Waals surface area contributed by atoms with Crippen molar-refractivity contribution in [3.05, 3.63) is 0 Å². The van der Waals surface area contributed by atoms with E-state index in [4.69, 9.17) is 49.4 Å². The standard InChI is InChI=1S/C12H32O12Si8/c1-9-10-11-12-32-22-29(6)16-26(3)13-25(2)14-27(4,18-29)20-31(8,24-32)21-28(5,15-25)19-30(7,17-26)23-32/h9-12H2,1-8H3. The fraction of sp³-hybridized carbons (Fsp3) is 1.00. The van der Waals surface area contributed by atoms with Crippen LogP contribution in [0.15, 0.2) is 0 Å². The first-order valence-corrected chi connectivity index (χ1v) is 28.5. The van der Waals surface area contributed by atoms with Crippen LogP contribution in [0.4, 0.5) is 0 Å². The van der Waals surface area contributed by atoms with Gasteiger partial charge in [-0.25, -0.2) is 0 Å². The predicted molar refractivity (Wildman–Crippen MR) is 124 cm³/mol. The van der Waals surface area contributed by atoms with Gasteiger partial charge in [0, 0.05) is 51.9 Å². The summed E-state index contributed by atoms with van der Waals surface area (Å²) in [5.74, 6) is 0. The highest BCUT2D eigenvalue weighted by molar-refractivity contribution is 7.02. The van der Waals surface area contributed by atoms with E-state index in [1.807, 2.05) is 0 Å². The molecule has 0 atom stereocenters. The molecule has 0 N–H and O–H groups in total. The third-order valence-corrected chi connectivity index (χ3v) is 41.3. The molecule has 6 heterocycles. The van der Waals surface area contributed by atoms with Crippen molar-refractivity contribution in [3.63, 3.8) is 0 Å². The summed E-state index contributed by atoms with van der Waals surface area (Å²) in [5.41, 5.74) is 0. The summed E-state index contributed by atoms with van der Waals surface area (Å²) in [6.45, 7) is 14.6. The van der Waals surface area contributed by atoms with Crippen molar-refractivity contribution < 1.29 is 49.4 Å². The molecule has 0 radical (unpaired) electrons. The van der Waals surface area contributed by atoms with Gasteiger partial charge in [0.25, 0.3) is 0 Å². The molecule has 20 heteroatoms. The zero-order valence-electron chi connectivity index (χ0n) is 19.7. The van der Waals surface area contributed by atoms with Crippen molar-refractivity contribution in [2.45, 2.75) is 78.1 Å². The lowest BCUT2D eigenvalue weighted by atomic mass is 10.3. The van der Waals surface area contributed by atoms with Gasteiger partial charge in [-0.1, -0.05) is 19.8 Å². The molecule has 12 nitrogen and oxygen atoms in total. The van der Waals surface area contributed by atoms with E-state index in [9.17, 15) is 0 Å². The van der Waals surface area contributed by atoms with Crippen molar-refractivity contribution >= 4 is 70.4 Å². The van der Waals surface area contributed by atoms with Crippen LogP contribution in [0.2, 0.25) is 51.9 Å². The highest BCUT2D eigenvalue weighted by atomic mass is 28.6. The van der Waals surface area contributed by atoms with Crippen molar-refractivity contribution in [2.24, 2.45) is 0 Å². The molecule has 0 aromatic carbocycles. The molecule has 0 amide bonds. The Bertz CT molecular complexity index is 693. The van der Waals surface area contributed by atoms with Gasteiger partial charge in [0.2, 0.25) is 0 Å². The van der Waals surface area contributed by atoms with Crippen molar-refractivity contribution in [1.82, 2.24) is 0 Å². The van der Waals surface area contributed by atoms with E-state index in [2.05, 4.69) is 6.92 Å². The van der Waals surface area contributed by atoms with Crippen LogP contribution in [0.25, 0.3) is 0 Å². The number of hydrogen-bond donors (Lipinski definition) is 0. The number of rotatable bonds is 4. The Labute approximate surface area is 197 Å². The van der Waals surface area contributed by atoms with Crippen LogP contribution in [-0.2, 0) is 49.4 Å². The summed E-state index contributed by atoms with van der Waals surface area (Å²) in [6.07, 6.45) is 2.87. The van der Waals surface area contributed by atoms with E-state index in [0.29, 0.717) is 6.04 Å². The van der Waals surface area contributed by atoms with Gasteiger partial charge >= 0.3 is 70.4 Å². The molecular formula is C12H32O12Si8. The van der Waals surface area contributed by atoms with Crippen LogP contribution in [0.1, 0.15) is 26.2 Å². The minimum atomic E-state index is -3.48. The normalized spacial score (nSPS) is 59.2. The zero-order valence-corrected chi connectivity index (χ0v) is 27.7. The Hall–Kier alpha value is 1.26. The van der Waals surface area contributed by atoms with E-state index in [1.54, 1.807) is 45.8 Å². The maximum atomic E-state index is 6.74. The molecule has 6 fully saturated rings. The quantitative estimate of drug-likeness (QED) is 0.353. The second kappa shape index (κ2) is 7.40. The summed E-state index contributed by atoms with van der Waals surface area (Å²) in [6, 6.07) is 0.546. The van der Waals surface area contributed by atoms with Gasteiger partial charge in [-0.2, -0.15) is 0 Å². The third-order valence-electron chi connectivity index (χ3n) is 5.45. The van der Waals surface area contributed by atoms with Gasteiger partial charge in [-0.15, -0.1) is 0 Å². The van der Waals surface area contributed by atoms with E-state index < -0.39 is 70.4 Å². The minimum absolute atomic E-state index is 0.546. The van der Waals surface area contributed by atoms with Gasteiger partial charge < -0.3 is 49.4 Å². The average Bonchev–Trinajstić information content (AvgIpc) is 2.44. The van der Waals surface area contributed by atoms with Crippen LogP contribution < -0.4 is 0 Å². The smallest absolute Gasteiger partial charge is 0.374 e. The fourth-order valence-corrected chi connectivity index (χ4v) is 51.1. The van der Waals surface area contributed by atoms with Crippen LogP contribution >= 0.6 is 0 Å². The molecule has 6 aliphatic rings. The second-order valence-electron chi connectivity index (χ2n) is 9.40. The molecule has 0 aliphatic carbocycles. The molecule has 0 saturated carbocycles. The number of hydrogen-bond acceptors (Lipinski definition) is 12. The first-order valence-electron chi connectivity index (χ1n) is 11.0. The van der Waals surface area contributed by atoms with Crippen LogP contribution in [0.5, 0.6) is 0 Å². The summed E-state index contributed by atoms with van der Waals surface area (Å²) in [7, 11) is -27.6. The lowest BCUT2D eigenvalue weighted by molar-refractivity contribution is -0.0192. The Kier molecular flexibility index (Phi) is 5.76. The summed E-state index contributed by atoms with van der Waals surface area (Å²) < 4.78 is 79.1. The molecular weight excluding hydrogens is 561 g/mol. The Morgan fingerprint density at radius 2 is 0.625 bits per heavy atom. The molecule has 184 valence electrons. The first kappa shape index (κ1) is 24.9. The average molecular weight is 593 g/mol. The number of unbranched alkanes of at least 4 members (excludes halogenated alkanes) is 2. The largest absolute Gasteiger partial charge is 0.478 e. The third kappa shape index (κ3) is 4.55. The molecule has 6 saturated heterocycles. The highest BCUT2D eigenvalue weighted by Gasteiger charge is 2.78. The summed E-state index contributed by atoms with van der Waals surface area (Å²) in [4.78, 5) is 0. The van der Waals surface area contributed by atoms with Crippen molar-refractivity contribution in [2.75, 3.05) is 0 Å². The topological polar surface area (TPSA) is 111 Å². The highest BCUT2D eigenvalue weighted by Crippen LogP contribution is 2.48. The zero-order chi connectivity index (χ0) is 23.3. The second-order valence-corrected chi connectivity index (χ2v) is 33.1. The van der Waals surface area contributed by atoms with Gasteiger partial charge in [0.05, 0.1) is 0 Å². The SMILES string of the molecule is CCCCC[Si]12O[Si]3(C)O[Si]4(C)O[Si]5(C)O[Si](C)(O3)O[Si](C)(O[Si](C)(O5)O[Si](C)(O4)O1)O2. The van der Waals surface area contributed by atoms with Crippen molar-refractivity contribution in [3.8, 4) is 0 Å². The van der Waals surface area contributed by atoms with E-state index in [1.165, 1.54) is 0 Å². The molecule has 0 aromatic rings. The molecule has 6 aliphatic heterocycles. The molecule has 32 heavy (non-hydrogen) atoms. The fourth-order valence-electron chi connectivity index (χ4n) is 5.12. The monoisotopic (exact) mass is 592 g/mol. The van der Waals surface area contributed by atoms with Crippen LogP contribution in [-0.4, -0.2) is 70.4 Å². The molecule has 6 rings (SSSR count). The maximum absolute atomic E-state index is 6.74. The van der Waals surface area contributed by atoms with Crippen molar-refractivity contribution in [1.29, 1.82) is 0 Å². The predicted octanol–water partition coefficient (Wildman–Crippen LogP) is 2.36. The van der Waals surface area contributed by atoms with E-state index >= 15 is 0 Å². The molecule has 8 bridgehead atoms. The minimum Gasteiger partial charge on any atom is -0.374 e. The Morgan fingerprint density at radius 3 is 0.875 bits per heavy atom. The summed E-state index contributed by atoms with van der Waals surface area (Å²) in [5, 5.41) is 0. The first-order chi connectivity index (χ1) is 14.5. The van der Waals surface area contributed by atoms with Gasteiger partial charge in [-0.3, -0.25) is 0 Å².